The van der Waals surface area contributed by atoms with Crippen LogP contribution in [0.25, 0.3) is 0 Å². The number of aldehydes is 1. The van der Waals surface area contributed by atoms with Crippen LogP contribution in [0.4, 0.5) is 0 Å². The monoisotopic (exact) mass is 196 g/mol. The Bertz CT molecular complexity index is 330. The fourth-order valence-corrected chi connectivity index (χ4v) is 2.48. The minimum atomic E-state index is -1.52. The fraction of sp³-hybridized carbons (Fsp3) is 0.375. The van der Waals surface area contributed by atoms with Crippen molar-refractivity contribution in [2.24, 2.45) is 0 Å². The van der Waals surface area contributed by atoms with Gasteiger partial charge in [-0.3, -0.25) is 4.79 Å². The van der Waals surface area contributed by atoms with Gasteiger partial charge in [0, 0.05) is 10.3 Å². The highest BCUT2D eigenvalue weighted by Crippen LogP contribution is 2.42. The van der Waals surface area contributed by atoms with Gasteiger partial charge >= 0.3 is 7.12 Å². The van der Waals surface area contributed by atoms with Crippen molar-refractivity contribution in [2.45, 2.75) is 18.8 Å². The summed E-state index contributed by atoms with van der Waals surface area (Å²) in [6.45, 7) is 0. The Hall–Kier alpha value is -0.645. The molecule has 68 valence electrons. The molecule has 13 heavy (non-hydrogen) atoms. The molecule has 2 rings (SSSR count). The van der Waals surface area contributed by atoms with Gasteiger partial charge in [0.15, 0.2) is 6.29 Å². The quantitative estimate of drug-likeness (QED) is 0.533. The summed E-state index contributed by atoms with van der Waals surface area (Å²) in [6.07, 6.45) is 2.99. The van der Waals surface area contributed by atoms with Crippen molar-refractivity contribution in [3.05, 3.63) is 15.8 Å². The Morgan fingerprint density at radius 1 is 1.54 bits per heavy atom. The number of hydrogen-bond donors (Lipinski definition) is 2. The maximum absolute atomic E-state index is 10.6. The molecule has 1 aromatic rings. The van der Waals surface area contributed by atoms with Gasteiger partial charge in [-0.25, -0.2) is 0 Å². The lowest BCUT2D eigenvalue weighted by Gasteiger charge is -1.92. The summed E-state index contributed by atoms with van der Waals surface area (Å²) in [5, 5.41) is 17.9. The normalized spacial score (nSPS) is 15.8. The molecular formula is C8H9BO3S. The Morgan fingerprint density at radius 2 is 2.23 bits per heavy atom. The van der Waals surface area contributed by atoms with Crippen molar-refractivity contribution >= 4 is 30.2 Å². The SMILES string of the molecule is O=Cc1sc(C2CC2)cc1B(O)O. The number of carbonyl (C=O) groups is 1. The van der Waals surface area contributed by atoms with Gasteiger partial charge in [0.2, 0.25) is 0 Å². The first kappa shape index (κ1) is 8.93. The third-order valence-electron chi connectivity index (χ3n) is 2.18. The summed E-state index contributed by atoms with van der Waals surface area (Å²) in [4.78, 5) is 12.1. The van der Waals surface area contributed by atoms with Crippen LogP contribution in [0.3, 0.4) is 0 Å². The summed E-state index contributed by atoms with van der Waals surface area (Å²) in [6, 6.07) is 1.73. The summed E-state index contributed by atoms with van der Waals surface area (Å²) >= 11 is 1.37. The zero-order valence-electron chi connectivity index (χ0n) is 6.93. The van der Waals surface area contributed by atoms with Crippen LogP contribution in [0.1, 0.15) is 33.3 Å². The number of hydrogen-bond acceptors (Lipinski definition) is 4. The summed E-state index contributed by atoms with van der Waals surface area (Å²) < 4.78 is 0. The van der Waals surface area contributed by atoms with E-state index in [-0.39, 0.29) is 0 Å². The second kappa shape index (κ2) is 3.25. The molecule has 3 nitrogen and oxygen atoms in total. The maximum Gasteiger partial charge on any atom is 0.490 e. The van der Waals surface area contributed by atoms with Crippen LogP contribution in [0.5, 0.6) is 0 Å². The molecule has 1 aliphatic carbocycles. The van der Waals surface area contributed by atoms with Crippen molar-refractivity contribution in [3.8, 4) is 0 Å². The third-order valence-corrected chi connectivity index (χ3v) is 3.41. The van der Waals surface area contributed by atoms with Crippen LogP contribution in [0.15, 0.2) is 6.07 Å². The van der Waals surface area contributed by atoms with Crippen molar-refractivity contribution < 1.29 is 14.8 Å². The van der Waals surface area contributed by atoms with E-state index in [4.69, 9.17) is 10.0 Å². The molecule has 1 aromatic heterocycles. The van der Waals surface area contributed by atoms with E-state index >= 15 is 0 Å². The molecule has 0 amide bonds. The van der Waals surface area contributed by atoms with Gasteiger partial charge in [-0.05, 0) is 24.8 Å². The van der Waals surface area contributed by atoms with Crippen LogP contribution >= 0.6 is 11.3 Å². The molecule has 0 bridgehead atoms. The maximum atomic E-state index is 10.6. The smallest absolute Gasteiger partial charge is 0.423 e. The van der Waals surface area contributed by atoms with E-state index in [1.54, 1.807) is 6.07 Å². The highest BCUT2D eigenvalue weighted by Gasteiger charge is 2.28. The molecule has 5 heteroatoms. The molecular weight excluding hydrogens is 187 g/mol. The Morgan fingerprint density at radius 3 is 2.62 bits per heavy atom. The van der Waals surface area contributed by atoms with Gasteiger partial charge in [-0.15, -0.1) is 11.3 Å². The second-order valence-corrected chi connectivity index (χ2v) is 4.35. The second-order valence-electron chi connectivity index (χ2n) is 3.23. The third kappa shape index (κ3) is 1.68. The fourth-order valence-electron chi connectivity index (χ4n) is 1.30. The lowest BCUT2D eigenvalue weighted by atomic mass is 9.80. The molecule has 1 aliphatic rings. The Labute approximate surface area is 80.2 Å². The average molecular weight is 196 g/mol. The lowest BCUT2D eigenvalue weighted by molar-refractivity contribution is 0.112. The van der Waals surface area contributed by atoms with Crippen LogP contribution in [-0.2, 0) is 0 Å². The molecule has 1 saturated carbocycles. The molecule has 0 atom stereocenters. The van der Waals surface area contributed by atoms with E-state index < -0.39 is 7.12 Å². The van der Waals surface area contributed by atoms with E-state index in [0.717, 1.165) is 17.7 Å². The van der Waals surface area contributed by atoms with Crippen LogP contribution in [-0.4, -0.2) is 23.5 Å². The largest absolute Gasteiger partial charge is 0.490 e. The topological polar surface area (TPSA) is 57.5 Å². The molecule has 0 aliphatic heterocycles. The highest BCUT2D eigenvalue weighted by atomic mass is 32.1. The van der Waals surface area contributed by atoms with Crippen molar-refractivity contribution in [3.63, 3.8) is 0 Å². The molecule has 1 heterocycles. The first-order valence-corrected chi connectivity index (χ1v) is 4.99. The van der Waals surface area contributed by atoms with E-state index in [1.807, 2.05) is 0 Å². The van der Waals surface area contributed by atoms with Crippen molar-refractivity contribution in [1.29, 1.82) is 0 Å². The van der Waals surface area contributed by atoms with E-state index in [9.17, 15) is 4.79 Å². The van der Waals surface area contributed by atoms with Gasteiger partial charge < -0.3 is 10.0 Å². The minimum Gasteiger partial charge on any atom is -0.423 e. The summed E-state index contributed by atoms with van der Waals surface area (Å²) in [5.41, 5.74) is 0.349. The van der Waals surface area contributed by atoms with Crippen molar-refractivity contribution in [1.82, 2.24) is 0 Å². The van der Waals surface area contributed by atoms with E-state index in [1.165, 1.54) is 11.3 Å². The van der Waals surface area contributed by atoms with Crippen molar-refractivity contribution in [2.75, 3.05) is 0 Å². The number of carbonyl (C=O) groups excluding carboxylic acids is 1. The van der Waals surface area contributed by atoms with E-state index in [2.05, 4.69) is 0 Å². The first-order valence-electron chi connectivity index (χ1n) is 4.17. The molecule has 0 radical (unpaired) electrons. The summed E-state index contributed by atoms with van der Waals surface area (Å²) in [5.74, 6) is 0.552. The molecule has 0 unspecified atom stereocenters. The van der Waals surface area contributed by atoms with E-state index in [0.29, 0.717) is 22.5 Å². The lowest BCUT2D eigenvalue weighted by Crippen LogP contribution is -2.30. The molecule has 2 N–H and O–H groups in total. The number of thiophene rings is 1. The van der Waals surface area contributed by atoms with Gasteiger partial charge in [-0.1, -0.05) is 0 Å². The predicted molar refractivity (Wildman–Crippen MR) is 51.5 cm³/mol. The molecule has 0 spiro atoms. The first-order chi connectivity index (χ1) is 6.22. The minimum absolute atomic E-state index is 0.349. The van der Waals surface area contributed by atoms with Gasteiger partial charge in [0.1, 0.15) is 0 Å². The van der Waals surface area contributed by atoms with Crippen LogP contribution in [0, 0.1) is 0 Å². The molecule has 0 aromatic carbocycles. The highest BCUT2D eigenvalue weighted by molar-refractivity contribution is 7.15. The van der Waals surface area contributed by atoms with Gasteiger partial charge in [0.25, 0.3) is 0 Å². The summed E-state index contributed by atoms with van der Waals surface area (Å²) in [7, 11) is -1.52. The Kier molecular flexibility index (Phi) is 2.23. The van der Waals surface area contributed by atoms with Gasteiger partial charge in [-0.2, -0.15) is 0 Å². The van der Waals surface area contributed by atoms with Gasteiger partial charge in [0.05, 0.1) is 4.88 Å². The number of rotatable bonds is 3. The standard InChI is InChI=1S/C8H9BO3S/c10-4-8-6(9(11)12)3-7(13-8)5-1-2-5/h3-5,11-12H,1-2H2. The van der Waals surface area contributed by atoms with Crippen LogP contribution in [0.2, 0.25) is 0 Å². The average Bonchev–Trinajstić information content (AvgIpc) is 2.84. The Balaban J connectivity index is 2.35. The van der Waals surface area contributed by atoms with Crippen LogP contribution < -0.4 is 5.46 Å². The zero-order chi connectivity index (χ0) is 9.42. The molecule has 0 saturated heterocycles. The predicted octanol–water partition coefficient (Wildman–Crippen LogP) is 0.118. The molecule has 1 fully saturated rings. The zero-order valence-corrected chi connectivity index (χ0v) is 7.75.